The van der Waals surface area contributed by atoms with E-state index in [-0.39, 0.29) is 5.82 Å². The topological polar surface area (TPSA) is 61.4 Å². The van der Waals surface area contributed by atoms with E-state index in [1.54, 1.807) is 17.0 Å². The van der Waals surface area contributed by atoms with Crippen LogP contribution < -0.4 is 10.2 Å². The summed E-state index contributed by atoms with van der Waals surface area (Å²) in [6, 6.07) is 7.96. The van der Waals surface area contributed by atoms with Gasteiger partial charge in [0.25, 0.3) is 0 Å². The second-order valence-electron chi connectivity index (χ2n) is 5.45. The van der Waals surface area contributed by atoms with Gasteiger partial charge in [-0.2, -0.15) is 4.98 Å². The number of anilines is 3. The molecule has 1 saturated heterocycles. The van der Waals surface area contributed by atoms with Crippen molar-refractivity contribution in [1.82, 2.24) is 14.9 Å². The number of amides is 1. The lowest BCUT2D eigenvalue weighted by Crippen LogP contribution is -2.46. The van der Waals surface area contributed by atoms with Crippen molar-refractivity contribution in [2.75, 3.05) is 36.4 Å². The highest BCUT2D eigenvalue weighted by molar-refractivity contribution is 5.57. The van der Waals surface area contributed by atoms with Crippen LogP contribution in [0.25, 0.3) is 0 Å². The van der Waals surface area contributed by atoms with Crippen LogP contribution in [0.1, 0.15) is 5.69 Å². The zero-order chi connectivity index (χ0) is 16.2. The van der Waals surface area contributed by atoms with Gasteiger partial charge in [0.1, 0.15) is 11.6 Å². The van der Waals surface area contributed by atoms with Crippen molar-refractivity contribution in [3.63, 3.8) is 0 Å². The second-order valence-corrected chi connectivity index (χ2v) is 5.45. The number of hydrogen-bond acceptors (Lipinski definition) is 5. The molecule has 1 aliphatic rings. The van der Waals surface area contributed by atoms with Gasteiger partial charge in [-0.25, -0.2) is 9.37 Å². The first-order valence-electron chi connectivity index (χ1n) is 7.46. The van der Waals surface area contributed by atoms with E-state index in [1.807, 2.05) is 13.0 Å². The van der Waals surface area contributed by atoms with E-state index in [4.69, 9.17) is 0 Å². The van der Waals surface area contributed by atoms with Crippen LogP contribution in [-0.4, -0.2) is 47.5 Å². The van der Waals surface area contributed by atoms with Gasteiger partial charge >= 0.3 is 0 Å². The molecule has 0 saturated carbocycles. The number of carbonyl (C=O) groups is 1. The minimum Gasteiger partial charge on any atom is -0.342 e. The fraction of sp³-hybridized carbons (Fsp3) is 0.312. The SMILES string of the molecule is Cc1cc(Nc2ccc(F)cc2)nc(N2CCN(C=O)CC2)n1. The van der Waals surface area contributed by atoms with Crippen LogP contribution in [-0.2, 0) is 4.79 Å². The molecule has 0 unspecified atom stereocenters. The molecule has 1 aromatic heterocycles. The quantitative estimate of drug-likeness (QED) is 0.874. The maximum Gasteiger partial charge on any atom is 0.227 e. The third-order valence-electron chi connectivity index (χ3n) is 3.71. The van der Waals surface area contributed by atoms with Gasteiger partial charge in [-0.15, -0.1) is 0 Å². The number of halogens is 1. The highest BCUT2D eigenvalue weighted by Gasteiger charge is 2.18. The molecule has 0 spiro atoms. The minimum atomic E-state index is -0.275. The van der Waals surface area contributed by atoms with Gasteiger partial charge in [-0.05, 0) is 31.2 Å². The zero-order valence-corrected chi connectivity index (χ0v) is 12.9. The largest absolute Gasteiger partial charge is 0.342 e. The van der Waals surface area contributed by atoms with E-state index in [2.05, 4.69) is 20.2 Å². The molecule has 2 heterocycles. The van der Waals surface area contributed by atoms with E-state index in [1.165, 1.54) is 12.1 Å². The molecule has 6 nitrogen and oxygen atoms in total. The first-order chi connectivity index (χ1) is 11.1. The van der Waals surface area contributed by atoms with Gasteiger partial charge in [-0.3, -0.25) is 4.79 Å². The van der Waals surface area contributed by atoms with E-state index in [9.17, 15) is 9.18 Å². The van der Waals surface area contributed by atoms with E-state index < -0.39 is 0 Å². The predicted molar refractivity (Wildman–Crippen MR) is 86.3 cm³/mol. The maximum absolute atomic E-state index is 13.0. The van der Waals surface area contributed by atoms with Gasteiger partial charge in [0.15, 0.2) is 0 Å². The monoisotopic (exact) mass is 315 g/mol. The van der Waals surface area contributed by atoms with Crippen molar-refractivity contribution in [2.24, 2.45) is 0 Å². The smallest absolute Gasteiger partial charge is 0.227 e. The fourth-order valence-electron chi connectivity index (χ4n) is 2.47. The van der Waals surface area contributed by atoms with Crippen LogP contribution in [0.5, 0.6) is 0 Å². The highest BCUT2D eigenvalue weighted by atomic mass is 19.1. The highest BCUT2D eigenvalue weighted by Crippen LogP contribution is 2.19. The number of aromatic nitrogens is 2. The van der Waals surface area contributed by atoms with Gasteiger partial charge in [0.05, 0.1) is 0 Å². The average molecular weight is 315 g/mol. The molecule has 0 aliphatic carbocycles. The average Bonchev–Trinajstić information content (AvgIpc) is 2.56. The minimum absolute atomic E-state index is 0.275. The van der Waals surface area contributed by atoms with Gasteiger partial charge < -0.3 is 15.1 Å². The Morgan fingerprint density at radius 1 is 1.13 bits per heavy atom. The third kappa shape index (κ3) is 3.74. The number of carbonyl (C=O) groups excluding carboxylic acids is 1. The summed E-state index contributed by atoms with van der Waals surface area (Å²) in [5.41, 5.74) is 1.61. The van der Waals surface area contributed by atoms with Crippen molar-refractivity contribution in [3.8, 4) is 0 Å². The molecule has 1 aromatic carbocycles. The number of nitrogens with one attached hydrogen (secondary N) is 1. The molecule has 3 rings (SSSR count). The van der Waals surface area contributed by atoms with Crippen molar-refractivity contribution in [1.29, 1.82) is 0 Å². The van der Waals surface area contributed by atoms with E-state index in [0.29, 0.717) is 37.9 Å². The molecule has 120 valence electrons. The lowest BCUT2D eigenvalue weighted by Gasteiger charge is -2.32. The maximum atomic E-state index is 13.0. The van der Waals surface area contributed by atoms with Crippen molar-refractivity contribution in [3.05, 3.63) is 41.8 Å². The van der Waals surface area contributed by atoms with Crippen molar-refractivity contribution < 1.29 is 9.18 Å². The summed E-state index contributed by atoms with van der Waals surface area (Å²) < 4.78 is 13.0. The number of hydrogen-bond donors (Lipinski definition) is 1. The summed E-state index contributed by atoms with van der Waals surface area (Å²) in [6.07, 6.45) is 0.871. The van der Waals surface area contributed by atoms with Crippen LogP contribution in [0.3, 0.4) is 0 Å². The first kappa shape index (κ1) is 15.2. The predicted octanol–water partition coefficient (Wildman–Crippen LogP) is 1.95. The molecule has 1 N–H and O–H groups in total. The number of rotatable bonds is 4. The fourth-order valence-corrected chi connectivity index (χ4v) is 2.47. The molecule has 0 bridgehead atoms. The molecule has 1 fully saturated rings. The Morgan fingerprint density at radius 3 is 2.48 bits per heavy atom. The Hall–Kier alpha value is -2.70. The molecule has 0 atom stereocenters. The number of aryl methyl sites for hydroxylation is 1. The summed E-state index contributed by atoms with van der Waals surface area (Å²) in [5, 5.41) is 3.16. The summed E-state index contributed by atoms with van der Waals surface area (Å²) in [5.74, 6) is 1.03. The Labute approximate surface area is 134 Å². The lowest BCUT2D eigenvalue weighted by molar-refractivity contribution is -0.118. The van der Waals surface area contributed by atoms with Gasteiger partial charge in [0, 0.05) is 43.6 Å². The molecule has 7 heteroatoms. The molecular weight excluding hydrogens is 297 g/mol. The Kier molecular flexibility index (Phi) is 4.36. The second kappa shape index (κ2) is 6.60. The van der Waals surface area contributed by atoms with E-state index in [0.717, 1.165) is 17.8 Å². The van der Waals surface area contributed by atoms with Crippen LogP contribution in [0.15, 0.2) is 30.3 Å². The molecule has 1 amide bonds. The number of piperazine rings is 1. The van der Waals surface area contributed by atoms with Crippen LogP contribution in [0, 0.1) is 12.7 Å². The van der Waals surface area contributed by atoms with Gasteiger partial charge in [0.2, 0.25) is 12.4 Å². The number of benzene rings is 1. The summed E-state index contributed by atoms with van der Waals surface area (Å²) in [7, 11) is 0. The van der Waals surface area contributed by atoms with Crippen LogP contribution >= 0.6 is 0 Å². The summed E-state index contributed by atoms with van der Waals surface area (Å²) in [6.45, 7) is 4.65. The van der Waals surface area contributed by atoms with E-state index >= 15 is 0 Å². The standard InChI is InChI=1S/C16H18FN5O/c1-12-10-15(19-14-4-2-13(17)3-5-14)20-16(18-12)22-8-6-21(11-23)7-9-22/h2-5,10-11H,6-9H2,1H3,(H,18,19,20). The molecule has 2 aromatic rings. The third-order valence-corrected chi connectivity index (χ3v) is 3.71. The normalized spacial score (nSPS) is 14.7. The first-order valence-corrected chi connectivity index (χ1v) is 7.46. The molecule has 0 radical (unpaired) electrons. The zero-order valence-electron chi connectivity index (χ0n) is 12.9. The Balaban J connectivity index is 1.76. The number of nitrogens with zero attached hydrogens (tertiary/aromatic N) is 4. The van der Waals surface area contributed by atoms with Gasteiger partial charge in [-0.1, -0.05) is 0 Å². The Bertz CT molecular complexity index is 683. The summed E-state index contributed by atoms with van der Waals surface area (Å²) in [4.78, 5) is 23.6. The van der Waals surface area contributed by atoms with Crippen LogP contribution in [0.2, 0.25) is 0 Å². The molecule has 1 aliphatic heterocycles. The lowest BCUT2D eigenvalue weighted by atomic mass is 10.3. The molecule has 23 heavy (non-hydrogen) atoms. The molecular formula is C16H18FN5O. The Morgan fingerprint density at radius 2 is 1.83 bits per heavy atom. The van der Waals surface area contributed by atoms with Crippen molar-refractivity contribution >= 4 is 23.9 Å². The van der Waals surface area contributed by atoms with Crippen molar-refractivity contribution in [2.45, 2.75) is 6.92 Å². The van der Waals surface area contributed by atoms with Crippen LogP contribution in [0.4, 0.5) is 21.8 Å². The summed E-state index contributed by atoms with van der Waals surface area (Å²) >= 11 is 0.